The molecule has 0 unspecified atom stereocenters. The Labute approximate surface area is 139 Å². The Bertz CT molecular complexity index is 848. The lowest BCUT2D eigenvalue weighted by molar-refractivity contribution is 0.650. The SMILES string of the molecule is C.O=c1sn(CCc2ccccc2)c(=O)n1Cc1ccccc1. The lowest BCUT2D eigenvalue weighted by Gasteiger charge is -2.02. The number of aromatic nitrogens is 2. The van der Waals surface area contributed by atoms with Crippen molar-refractivity contribution in [1.29, 1.82) is 0 Å². The molecule has 3 rings (SSSR count). The fourth-order valence-corrected chi connectivity index (χ4v) is 3.10. The molecule has 0 atom stereocenters. The van der Waals surface area contributed by atoms with Crippen LogP contribution in [0.5, 0.6) is 0 Å². The summed E-state index contributed by atoms with van der Waals surface area (Å²) < 4.78 is 2.84. The Balaban J connectivity index is 0.00000192. The predicted molar refractivity (Wildman–Crippen MR) is 95.3 cm³/mol. The van der Waals surface area contributed by atoms with Crippen LogP contribution in [0.15, 0.2) is 70.3 Å². The van der Waals surface area contributed by atoms with Crippen molar-refractivity contribution in [1.82, 2.24) is 8.52 Å². The Morgan fingerprint density at radius 3 is 2.00 bits per heavy atom. The summed E-state index contributed by atoms with van der Waals surface area (Å²) in [7, 11) is 0. The van der Waals surface area contributed by atoms with E-state index in [-0.39, 0.29) is 18.0 Å². The number of hydrogen-bond donors (Lipinski definition) is 0. The Kier molecular flexibility index (Phi) is 5.71. The zero-order valence-electron chi connectivity index (χ0n) is 12.0. The van der Waals surface area contributed by atoms with Gasteiger partial charge in [0, 0.05) is 18.1 Å². The van der Waals surface area contributed by atoms with E-state index in [4.69, 9.17) is 0 Å². The highest BCUT2D eigenvalue weighted by atomic mass is 32.1. The lowest BCUT2D eigenvalue weighted by Crippen LogP contribution is -2.29. The molecule has 0 saturated carbocycles. The van der Waals surface area contributed by atoms with E-state index < -0.39 is 0 Å². The van der Waals surface area contributed by atoms with E-state index in [1.165, 1.54) is 8.52 Å². The average Bonchev–Trinajstić information content (AvgIpc) is 2.82. The minimum Gasteiger partial charge on any atom is -0.255 e. The molecule has 0 aliphatic heterocycles. The van der Waals surface area contributed by atoms with Crippen LogP contribution < -0.4 is 10.6 Å². The van der Waals surface area contributed by atoms with Gasteiger partial charge in [0.05, 0.1) is 6.54 Å². The first-order chi connectivity index (χ1) is 10.7. The third kappa shape index (κ3) is 4.07. The molecule has 0 radical (unpaired) electrons. The molecule has 0 saturated heterocycles. The lowest BCUT2D eigenvalue weighted by atomic mass is 10.2. The van der Waals surface area contributed by atoms with Crippen molar-refractivity contribution < 1.29 is 0 Å². The monoisotopic (exact) mass is 328 g/mol. The molecule has 0 aliphatic rings. The van der Waals surface area contributed by atoms with Crippen LogP contribution in [0.4, 0.5) is 0 Å². The maximum absolute atomic E-state index is 12.4. The van der Waals surface area contributed by atoms with E-state index in [1.54, 1.807) is 0 Å². The smallest absolute Gasteiger partial charge is 0.255 e. The summed E-state index contributed by atoms with van der Waals surface area (Å²) in [5.41, 5.74) is 1.88. The molecule has 0 N–H and O–H groups in total. The molecular weight excluding hydrogens is 308 g/mol. The first kappa shape index (κ1) is 17.0. The van der Waals surface area contributed by atoms with E-state index in [9.17, 15) is 9.59 Å². The molecule has 1 aromatic heterocycles. The highest BCUT2D eigenvalue weighted by Crippen LogP contribution is 2.03. The molecule has 2 aromatic carbocycles. The van der Waals surface area contributed by atoms with Crippen LogP contribution in [0.1, 0.15) is 18.6 Å². The van der Waals surface area contributed by atoms with Crippen molar-refractivity contribution in [2.24, 2.45) is 0 Å². The topological polar surface area (TPSA) is 44.0 Å². The van der Waals surface area contributed by atoms with E-state index in [1.807, 2.05) is 60.7 Å². The van der Waals surface area contributed by atoms with Gasteiger partial charge in [-0.2, -0.15) is 0 Å². The van der Waals surface area contributed by atoms with Gasteiger partial charge < -0.3 is 0 Å². The molecule has 4 nitrogen and oxygen atoms in total. The zero-order chi connectivity index (χ0) is 15.4. The fourth-order valence-electron chi connectivity index (χ4n) is 2.31. The maximum Gasteiger partial charge on any atom is 0.341 e. The summed E-state index contributed by atoms with van der Waals surface area (Å²) in [6, 6.07) is 19.5. The van der Waals surface area contributed by atoms with Crippen LogP contribution in [0, 0.1) is 0 Å². The van der Waals surface area contributed by atoms with E-state index >= 15 is 0 Å². The third-order valence-electron chi connectivity index (χ3n) is 3.48. The predicted octanol–water partition coefficient (Wildman–Crippen LogP) is 3.00. The third-order valence-corrected chi connectivity index (χ3v) is 4.42. The van der Waals surface area contributed by atoms with Crippen molar-refractivity contribution >= 4 is 11.5 Å². The van der Waals surface area contributed by atoms with Gasteiger partial charge >= 0.3 is 10.6 Å². The van der Waals surface area contributed by atoms with Gasteiger partial charge in [0.1, 0.15) is 0 Å². The van der Waals surface area contributed by atoms with Crippen molar-refractivity contribution in [3.05, 3.63) is 91.9 Å². The van der Waals surface area contributed by atoms with Gasteiger partial charge in [0.15, 0.2) is 0 Å². The van der Waals surface area contributed by atoms with E-state index in [2.05, 4.69) is 0 Å². The summed E-state index contributed by atoms with van der Waals surface area (Å²) in [6.45, 7) is 0.859. The van der Waals surface area contributed by atoms with Gasteiger partial charge in [-0.25, -0.2) is 13.3 Å². The van der Waals surface area contributed by atoms with Gasteiger partial charge in [0.25, 0.3) is 0 Å². The molecule has 0 aliphatic carbocycles. The minimum atomic E-state index is -0.227. The van der Waals surface area contributed by atoms with Crippen LogP contribution in [0.25, 0.3) is 0 Å². The second kappa shape index (κ2) is 7.74. The Hall–Kier alpha value is -2.40. The summed E-state index contributed by atoms with van der Waals surface area (Å²) in [4.78, 5) is 24.2. The first-order valence-electron chi connectivity index (χ1n) is 7.13. The van der Waals surface area contributed by atoms with Crippen LogP contribution in [0.2, 0.25) is 0 Å². The molecule has 120 valence electrons. The van der Waals surface area contributed by atoms with Crippen LogP contribution in [-0.2, 0) is 19.5 Å². The van der Waals surface area contributed by atoms with Crippen LogP contribution in [0.3, 0.4) is 0 Å². The first-order valence-corrected chi connectivity index (χ1v) is 7.90. The summed E-state index contributed by atoms with van der Waals surface area (Å²) in [5.74, 6) is 0. The van der Waals surface area contributed by atoms with Crippen LogP contribution in [-0.4, -0.2) is 8.52 Å². The Morgan fingerprint density at radius 2 is 1.39 bits per heavy atom. The van der Waals surface area contributed by atoms with Gasteiger partial charge in [-0.05, 0) is 17.5 Å². The normalized spacial score (nSPS) is 10.3. The molecule has 0 amide bonds. The molecule has 5 heteroatoms. The number of nitrogens with zero attached hydrogens (tertiary/aromatic N) is 2. The quantitative estimate of drug-likeness (QED) is 0.723. The van der Waals surface area contributed by atoms with Crippen molar-refractivity contribution in [2.45, 2.75) is 26.9 Å². The standard InChI is InChI=1S/C17H16N2O2S.CH4/c20-16-18(13-15-9-5-2-6-10-15)17(21)22-19(16)12-11-14-7-3-1-4-8-14;/h1-10H,11-13H2;1H4. The highest BCUT2D eigenvalue weighted by Gasteiger charge is 2.10. The van der Waals surface area contributed by atoms with Crippen LogP contribution >= 0.6 is 11.5 Å². The van der Waals surface area contributed by atoms with Crippen molar-refractivity contribution in [3.63, 3.8) is 0 Å². The van der Waals surface area contributed by atoms with Gasteiger partial charge in [-0.3, -0.25) is 4.79 Å². The second-order valence-corrected chi connectivity index (χ2v) is 6.02. The number of aryl methyl sites for hydroxylation is 2. The fraction of sp³-hybridized carbons (Fsp3) is 0.222. The average molecular weight is 328 g/mol. The molecule has 0 fully saturated rings. The molecule has 1 heterocycles. The Morgan fingerprint density at radius 1 is 0.826 bits per heavy atom. The zero-order valence-corrected chi connectivity index (χ0v) is 12.8. The maximum atomic E-state index is 12.4. The summed E-state index contributed by atoms with van der Waals surface area (Å²) >= 11 is 0.991. The van der Waals surface area contributed by atoms with E-state index in [0.717, 1.165) is 29.1 Å². The van der Waals surface area contributed by atoms with Gasteiger partial charge in [0.2, 0.25) is 0 Å². The summed E-state index contributed by atoms with van der Waals surface area (Å²) in [6.07, 6.45) is 0.742. The van der Waals surface area contributed by atoms with Crippen molar-refractivity contribution in [3.8, 4) is 0 Å². The second-order valence-electron chi connectivity index (χ2n) is 5.05. The van der Waals surface area contributed by atoms with Gasteiger partial charge in [-0.1, -0.05) is 68.1 Å². The highest BCUT2D eigenvalue weighted by molar-refractivity contribution is 7.03. The van der Waals surface area contributed by atoms with Crippen molar-refractivity contribution in [2.75, 3.05) is 0 Å². The van der Waals surface area contributed by atoms with Gasteiger partial charge in [-0.15, -0.1) is 0 Å². The molecule has 0 spiro atoms. The van der Waals surface area contributed by atoms with E-state index in [0.29, 0.717) is 13.1 Å². The number of benzene rings is 2. The molecule has 23 heavy (non-hydrogen) atoms. The molecule has 3 aromatic rings. The minimum absolute atomic E-state index is 0. The summed E-state index contributed by atoms with van der Waals surface area (Å²) in [5, 5.41) is 0. The molecule has 0 bridgehead atoms. The number of rotatable bonds is 5. The molecular formula is C18H20N2O2S. The largest absolute Gasteiger partial charge is 0.341 e. The number of hydrogen-bond acceptors (Lipinski definition) is 3.